The van der Waals surface area contributed by atoms with Gasteiger partial charge in [0.05, 0.1) is 6.20 Å². The van der Waals surface area contributed by atoms with Crippen molar-refractivity contribution in [2.24, 2.45) is 0 Å². The number of alkyl halides is 3. The smallest absolute Gasteiger partial charge is 0.305 e. The Hall–Kier alpha value is -3.54. The van der Waals surface area contributed by atoms with Crippen molar-refractivity contribution in [3.8, 4) is 28.1 Å². The number of para-hydroxylation sites is 1. The van der Waals surface area contributed by atoms with Crippen LogP contribution in [-0.4, -0.2) is 14.8 Å². The van der Waals surface area contributed by atoms with E-state index in [0.717, 1.165) is 28.5 Å². The zero-order chi connectivity index (χ0) is 23.1. The van der Waals surface area contributed by atoms with Crippen molar-refractivity contribution < 1.29 is 33.3 Å². The summed E-state index contributed by atoms with van der Waals surface area (Å²) in [5.41, 5.74) is 2.80. The molecule has 0 N–H and O–H groups in total. The zero-order valence-corrected chi connectivity index (χ0v) is 20.1. The molecule has 5 rings (SSSR count). The van der Waals surface area contributed by atoms with Gasteiger partial charge < -0.3 is 4.98 Å². The van der Waals surface area contributed by atoms with Gasteiger partial charge in [-0.2, -0.15) is 42.5 Å². The molecule has 2 heterocycles. The maximum absolute atomic E-state index is 13.0. The molecule has 0 spiro atoms. The van der Waals surface area contributed by atoms with E-state index in [4.69, 9.17) is 0 Å². The molecule has 0 bridgehead atoms. The van der Waals surface area contributed by atoms with Crippen molar-refractivity contribution in [3.05, 3.63) is 127 Å². The van der Waals surface area contributed by atoms with Gasteiger partial charge in [0.1, 0.15) is 0 Å². The maximum atomic E-state index is 13.0. The molecule has 173 valence electrons. The molecule has 7 heteroatoms. The van der Waals surface area contributed by atoms with Gasteiger partial charge in [-0.25, -0.2) is 0 Å². The second kappa shape index (κ2) is 11.5. The van der Waals surface area contributed by atoms with Gasteiger partial charge in [-0.3, -0.25) is 4.68 Å². The van der Waals surface area contributed by atoms with E-state index in [2.05, 4.69) is 22.2 Å². The predicted molar refractivity (Wildman–Crippen MR) is 121 cm³/mol. The average Bonchev–Trinajstić information content (AvgIpc) is 3.36. The number of aromatic nitrogens is 3. The van der Waals surface area contributed by atoms with Crippen LogP contribution in [0.4, 0.5) is 13.2 Å². The molecule has 0 saturated heterocycles. The molecule has 0 fully saturated rings. The van der Waals surface area contributed by atoms with Crippen molar-refractivity contribution in [1.82, 2.24) is 14.8 Å². The first-order chi connectivity index (χ1) is 16.0. The molecule has 5 aromatic rings. The van der Waals surface area contributed by atoms with Crippen molar-refractivity contribution >= 4 is 0 Å². The molecule has 0 unspecified atom stereocenters. The van der Waals surface area contributed by atoms with Crippen molar-refractivity contribution in [3.63, 3.8) is 0 Å². The molecule has 0 aliphatic heterocycles. The van der Waals surface area contributed by atoms with E-state index in [9.17, 15) is 13.2 Å². The molecular weight excluding hydrogens is 616 g/mol. The minimum atomic E-state index is -4.44. The van der Waals surface area contributed by atoms with Gasteiger partial charge in [0.15, 0.2) is 0 Å². The van der Waals surface area contributed by atoms with Crippen LogP contribution in [0.2, 0.25) is 0 Å². The van der Waals surface area contributed by atoms with Crippen LogP contribution in [0.25, 0.3) is 28.1 Å². The molecule has 0 atom stereocenters. The summed E-state index contributed by atoms with van der Waals surface area (Å²) in [5.74, 6) is 0. The molecule has 34 heavy (non-hydrogen) atoms. The zero-order valence-electron chi connectivity index (χ0n) is 17.7. The van der Waals surface area contributed by atoms with E-state index >= 15 is 0 Å². The number of rotatable bonds is 3. The Morgan fingerprint density at radius 1 is 0.735 bits per heavy atom. The molecule has 0 aliphatic carbocycles. The van der Waals surface area contributed by atoms with Crippen LogP contribution in [0.5, 0.6) is 0 Å². The second-order valence-corrected chi connectivity index (χ2v) is 6.96. The Balaban J connectivity index is 0.000000212. The Kier molecular flexibility index (Phi) is 8.52. The summed E-state index contributed by atoms with van der Waals surface area (Å²) in [6, 6.07) is 32.6. The monoisotopic (exact) mass is 634 g/mol. The number of nitrogens with zero attached hydrogens (tertiary/aromatic N) is 3. The van der Waals surface area contributed by atoms with Crippen molar-refractivity contribution in [2.45, 2.75) is 6.18 Å². The number of pyridine rings is 1. The van der Waals surface area contributed by atoms with Gasteiger partial charge in [-0.15, -0.1) is 35.9 Å². The second-order valence-electron chi connectivity index (χ2n) is 6.96. The number of halogens is 3. The van der Waals surface area contributed by atoms with E-state index in [-0.39, 0.29) is 25.8 Å². The largest absolute Gasteiger partial charge is 0.372 e. The maximum Gasteiger partial charge on any atom is 0.372 e. The first-order valence-corrected chi connectivity index (χ1v) is 10.1. The van der Waals surface area contributed by atoms with Gasteiger partial charge in [0.25, 0.3) is 0 Å². The fourth-order valence-corrected chi connectivity index (χ4v) is 3.15. The summed E-state index contributed by atoms with van der Waals surface area (Å²) in [6.07, 6.45) is 0.453. The number of benzene rings is 3. The molecule has 0 saturated carbocycles. The van der Waals surface area contributed by atoms with E-state index < -0.39 is 11.7 Å². The number of hydrogen-bond acceptors (Lipinski definition) is 2. The Labute approximate surface area is 209 Å². The van der Waals surface area contributed by atoms with Gasteiger partial charge in [0, 0.05) is 38.1 Å². The van der Waals surface area contributed by atoms with Crippen LogP contribution in [0.3, 0.4) is 0 Å². The van der Waals surface area contributed by atoms with E-state index in [1.807, 2.05) is 72.8 Å². The van der Waals surface area contributed by atoms with Crippen LogP contribution in [0.15, 0.2) is 110 Å². The predicted octanol–water partition coefficient (Wildman–Crippen LogP) is 6.90. The molecular formula is C27H18F3IrN3-2. The van der Waals surface area contributed by atoms with Gasteiger partial charge in [-0.05, 0) is 28.6 Å². The van der Waals surface area contributed by atoms with Gasteiger partial charge >= 0.3 is 6.18 Å². The Morgan fingerprint density at radius 2 is 1.47 bits per heavy atom. The summed E-state index contributed by atoms with van der Waals surface area (Å²) in [5, 5.41) is 4.02. The molecule has 0 aliphatic rings. The fraction of sp³-hybridized carbons (Fsp3) is 0.0370. The third-order valence-corrected chi connectivity index (χ3v) is 4.71. The standard InChI is InChI=1S/C16H10F3N2.C11H8N.Ir/c17-16(18,19)14-8-4-5-9-15(14)21-11-13(10-20-21)12-6-2-1-3-7-12;1-2-6-10(7-3-1)11-8-4-5-9-12-11;/h1-8,10-11H;1-6,8-9H;/q2*-1;. The Bertz CT molecular complexity index is 1250. The average molecular weight is 634 g/mol. The SMILES string of the molecule is FC(F)(F)c1ccc[c-]c1-n1cc(-c2ccccc2)cn1.[Ir].[c-]1ccccc1-c1ccccn1. The fourth-order valence-electron chi connectivity index (χ4n) is 3.15. The van der Waals surface area contributed by atoms with Crippen LogP contribution in [0, 0.1) is 12.1 Å². The third kappa shape index (κ3) is 6.28. The van der Waals surface area contributed by atoms with Crippen LogP contribution in [0.1, 0.15) is 5.56 Å². The topological polar surface area (TPSA) is 30.7 Å². The minimum absolute atomic E-state index is 0. The van der Waals surface area contributed by atoms with Crippen LogP contribution in [-0.2, 0) is 26.3 Å². The first kappa shape index (κ1) is 25.1. The minimum Gasteiger partial charge on any atom is -0.305 e. The molecule has 1 radical (unpaired) electrons. The quantitative estimate of drug-likeness (QED) is 0.203. The van der Waals surface area contributed by atoms with E-state index in [1.165, 1.54) is 23.0 Å². The van der Waals surface area contributed by atoms with Crippen molar-refractivity contribution in [1.29, 1.82) is 0 Å². The van der Waals surface area contributed by atoms with Gasteiger partial charge in [0.2, 0.25) is 0 Å². The molecule has 3 nitrogen and oxygen atoms in total. The Morgan fingerprint density at radius 3 is 2.15 bits per heavy atom. The third-order valence-electron chi connectivity index (χ3n) is 4.71. The molecule has 2 aromatic heterocycles. The normalized spacial score (nSPS) is 10.6. The molecule has 3 aromatic carbocycles. The van der Waals surface area contributed by atoms with Gasteiger partial charge in [-0.1, -0.05) is 42.5 Å². The summed E-state index contributed by atoms with van der Waals surface area (Å²) < 4.78 is 40.2. The van der Waals surface area contributed by atoms with Crippen LogP contribution < -0.4 is 0 Å². The molecule has 0 amide bonds. The van der Waals surface area contributed by atoms with Crippen molar-refractivity contribution in [2.75, 3.05) is 0 Å². The van der Waals surface area contributed by atoms with Crippen LogP contribution >= 0.6 is 0 Å². The summed E-state index contributed by atoms with van der Waals surface area (Å²) >= 11 is 0. The summed E-state index contributed by atoms with van der Waals surface area (Å²) in [7, 11) is 0. The summed E-state index contributed by atoms with van der Waals surface area (Å²) in [6.45, 7) is 0. The summed E-state index contributed by atoms with van der Waals surface area (Å²) in [4.78, 5) is 4.22. The number of hydrogen-bond donors (Lipinski definition) is 0. The van der Waals surface area contributed by atoms with E-state index in [1.54, 1.807) is 12.4 Å². The first-order valence-electron chi connectivity index (χ1n) is 10.1. The van der Waals surface area contributed by atoms with E-state index in [0.29, 0.717) is 0 Å².